The Morgan fingerprint density at radius 2 is 1.02 bits per heavy atom. The first-order valence-electron chi connectivity index (χ1n) is 30.6. The normalized spacial score (nSPS) is 25.7. The van der Waals surface area contributed by atoms with Crippen LogP contribution in [0.3, 0.4) is 0 Å². The van der Waals surface area contributed by atoms with Gasteiger partial charge < -0.3 is 39.7 Å². The third-order valence-electron chi connectivity index (χ3n) is 19.9. The lowest BCUT2D eigenvalue weighted by atomic mass is 9.68. The molecule has 6 aliphatic rings. The average Bonchev–Trinajstić information content (AvgIpc) is 1.57. The number of aryl methyl sites for hydroxylation is 2. The summed E-state index contributed by atoms with van der Waals surface area (Å²) in [6.45, 7) is 11.1. The number of carboxylic acids is 2. The molecule has 0 radical (unpaired) electrons. The molecule has 0 unspecified atom stereocenters. The van der Waals surface area contributed by atoms with Crippen LogP contribution in [0.4, 0.5) is 11.4 Å². The van der Waals surface area contributed by atoms with Crippen LogP contribution in [0.25, 0.3) is 0 Å². The lowest BCUT2D eigenvalue weighted by Gasteiger charge is -2.45. The molecule has 0 saturated heterocycles. The van der Waals surface area contributed by atoms with E-state index in [-0.39, 0.29) is 57.5 Å². The first-order valence-corrected chi connectivity index (χ1v) is 34.6. The molecule has 8 N–H and O–H groups in total. The van der Waals surface area contributed by atoms with E-state index in [9.17, 15) is 46.9 Å². The highest BCUT2D eigenvalue weighted by atomic mass is 35.5. The lowest BCUT2D eigenvalue weighted by Crippen LogP contribution is -2.49. The maximum absolute atomic E-state index is 11.9. The summed E-state index contributed by atoms with van der Waals surface area (Å²) < 4.78 is 60.6. The second-order valence-corrected chi connectivity index (χ2v) is 30.0. The molecule has 4 aromatic rings. The molecule has 20 heteroatoms. The van der Waals surface area contributed by atoms with E-state index in [4.69, 9.17) is 43.0 Å². The van der Waals surface area contributed by atoms with Crippen LogP contribution in [-0.2, 0) is 43.7 Å². The van der Waals surface area contributed by atoms with Crippen molar-refractivity contribution in [2.45, 2.75) is 151 Å². The number of primary sulfonamides is 2. The van der Waals surface area contributed by atoms with Gasteiger partial charge in [-0.2, -0.15) is 0 Å². The molecule has 2 aliphatic heterocycles. The molecular weight excluding hydrogens is 1180 g/mol. The summed E-state index contributed by atoms with van der Waals surface area (Å²) in [5.41, 5.74) is 6.40. The number of fused-ring (bicyclic) bond motifs is 6. The maximum atomic E-state index is 11.9. The molecule has 2 fully saturated rings. The van der Waals surface area contributed by atoms with Crippen LogP contribution in [0.1, 0.15) is 148 Å². The molecule has 468 valence electrons. The number of nitrogens with two attached hydrogens (primary N) is 2. The number of carboxylic acid groups (broad SMARTS) is 2. The topological polar surface area (TPSA) is 260 Å². The fraction of sp³-hybridized carbons (Fsp3) is 0.545. The van der Waals surface area contributed by atoms with E-state index in [0.29, 0.717) is 76.6 Å². The van der Waals surface area contributed by atoms with E-state index in [1.54, 1.807) is 48.6 Å². The van der Waals surface area contributed by atoms with Gasteiger partial charge in [-0.15, -0.1) is 0 Å². The highest BCUT2D eigenvalue weighted by Gasteiger charge is 2.46. The van der Waals surface area contributed by atoms with E-state index < -0.39 is 54.7 Å². The van der Waals surface area contributed by atoms with Crippen molar-refractivity contribution in [2.24, 2.45) is 45.8 Å². The van der Waals surface area contributed by atoms with Crippen LogP contribution in [0, 0.1) is 35.5 Å². The van der Waals surface area contributed by atoms with Gasteiger partial charge in [-0.3, -0.25) is 0 Å². The molecule has 4 aliphatic carbocycles. The number of carbonyl (C=O) groups is 2. The molecule has 2 saturated carbocycles. The molecule has 0 aromatic heterocycles. The SMILES string of the molecule is CC[C@@H]([C@@H](C)C/C=C/[C@H](O)[C@@H]1CC[C@H]1CN1C[C@@]2(CCCc3cc(Cl)ccc32)COc2ccc(C(=O)O)cc21)S(N)(=O)=O.CC[C@H]([C@@H](C)C/C=C/[C@H](O)[C@@H]1CC[C@H]1CN1C[C@@]2(CCCc3cc(Cl)ccc32)COc2ccc(C(=O)O)cc21)S(N)(=O)=O. The number of sulfonamides is 2. The van der Waals surface area contributed by atoms with Gasteiger partial charge in [0.2, 0.25) is 20.0 Å². The largest absolute Gasteiger partial charge is 0.490 e. The van der Waals surface area contributed by atoms with Gasteiger partial charge in [-0.1, -0.05) is 87.3 Å². The molecule has 12 atom stereocenters. The zero-order valence-electron chi connectivity index (χ0n) is 49.8. The second-order valence-electron chi connectivity index (χ2n) is 25.5. The van der Waals surface area contributed by atoms with Crippen LogP contribution in [0.5, 0.6) is 11.5 Å². The third-order valence-corrected chi connectivity index (χ3v) is 23.7. The number of anilines is 2. The number of benzene rings is 4. The summed E-state index contributed by atoms with van der Waals surface area (Å²) in [4.78, 5) is 28.4. The Morgan fingerprint density at radius 1 is 0.628 bits per heavy atom. The zero-order valence-corrected chi connectivity index (χ0v) is 53.0. The van der Waals surface area contributed by atoms with Gasteiger partial charge in [0.1, 0.15) is 11.5 Å². The number of aliphatic hydroxyl groups is 2. The Morgan fingerprint density at radius 3 is 1.36 bits per heavy atom. The predicted octanol–water partition coefficient (Wildman–Crippen LogP) is 11.1. The van der Waals surface area contributed by atoms with Gasteiger partial charge in [-0.25, -0.2) is 36.7 Å². The van der Waals surface area contributed by atoms with Crippen molar-refractivity contribution in [3.63, 3.8) is 0 Å². The van der Waals surface area contributed by atoms with Crippen molar-refractivity contribution in [3.8, 4) is 11.5 Å². The second kappa shape index (κ2) is 27.3. The van der Waals surface area contributed by atoms with E-state index in [0.717, 1.165) is 85.6 Å². The van der Waals surface area contributed by atoms with Gasteiger partial charge in [-0.05, 0) is 208 Å². The van der Waals surface area contributed by atoms with E-state index >= 15 is 0 Å². The van der Waals surface area contributed by atoms with Crippen molar-refractivity contribution in [1.82, 2.24) is 0 Å². The summed E-state index contributed by atoms with van der Waals surface area (Å²) in [6, 6.07) is 22.4. The number of aliphatic hydroxyl groups excluding tert-OH is 2. The number of allylic oxidation sites excluding steroid dienone is 2. The Bertz CT molecular complexity index is 3180. The number of halogens is 2. The highest BCUT2D eigenvalue weighted by Crippen LogP contribution is 2.49. The van der Waals surface area contributed by atoms with Crippen LogP contribution in [0.15, 0.2) is 97.1 Å². The first kappa shape index (κ1) is 65.3. The summed E-state index contributed by atoms with van der Waals surface area (Å²) in [6.07, 6.45) is 17.5. The van der Waals surface area contributed by atoms with Crippen LogP contribution >= 0.6 is 23.2 Å². The molecular formula is C66H86Cl2N4O12S2. The average molecular weight is 1260 g/mol. The standard InChI is InChI=1S/2C33H43ClN2O6S/c2*1-3-31(43(35,40)41)21(2)6-4-8-29(37)26-12-9-24(26)18-36-19-33(15-5-7-22-16-25(34)11-13-27(22)33)20-42-30-14-10-23(32(38)39)17-28(30)36/h2*4,8,10-11,13-14,16-17,21,24,26,29,31,37H,3,5-7,9,12,15,18-20H2,1-2H3,(H,38,39)(H2,35,40,41)/b2*8-4+/t21-,24-,26+,29-,31+,33-;21-,24-,26+,29-,31-,33-/m00/s1. The maximum Gasteiger partial charge on any atom is 0.335 e. The lowest BCUT2D eigenvalue weighted by molar-refractivity contribution is 0.0454. The van der Waals surface area contributed by atoms with Gasteiger partial charge >= 0.3 is 11.9 Å². The van der Waals surface area contributed by atoms with Crippen LogP contribution < -0.4 is 29.6 Å². The van der Waals surface area contributed by atoms with E-state index in [2.05, 4.69) is 34.1 Å². The first-order chi connectivity index (χ1) is 40.8. The summed E-state index contributed by atoms with van der Waals surface area (Å²) in [5.74, 6) is -0.409. The predicted molar refractivity (Wildman–Crippen MR) is 339 cm³/mol. The number of aromatic carboxylic acids is 2. The van der Waals surface area contributed by atoms with Gasteiger partial charge in [0.15, 0.2) is 0 Å². The van der Waals surface area contributed by atoms with Crippen molar-refractivity contribution < 1.29 is 56.3 Å². The molecule has 0 amide bonds. The van der Waals surface area contributed by atoms with Crippen LogP contribution in [-0.4, -0.2) is 111 Å². The van der Waals surface area contributed by atoms with Crippen molar-refractivity contribution in [2.75, 3.05) is 49.2 Å². The minimum atomic E-state index is -3.62. The van der Waals surface area contributed by atoms with Gasteiger partial charge in [0.25, 0.3) is 0 Å². The zero-order chi connectivity index (χ0) is 61.9. The minimum absolute atomic E-state index is 0.0513. The summed E-state index contributed by atoms with van der Waals surface area (Å²) >= 11 is 12.7. The van der Waals surface area contributed by atoms with E-state index in [1.165, 1.54) is 22.3 Å². The Hall–Kier alpha value is -5.18. The van der Waals surface area contributed by atoms with Crippen molar-refractivity contribution in [3.05, 3.63) is 141 Å². The highest BCUT2D eigenvalue weighted by molar-refractivity contribution is 7.90. The number of hydrogen-bond acceptors (Lipinski definition) is 12. The van der Waals surface area contributed by atoms with E-state index in [1.807, 2.05) is 52.0 Å². The number of hydrogen-bond donors (Lipinski definition) is 6. The van der Waals surface area contributed by atoms with Gasteiger partial charge in [0.05, 0.1) is 58.4 Å². The molecule has 2 spiro atoms. The number of ether oxygens (including phenoxy) is 2. The number of nitrogens with zero attached hydrogens (tertiary/aromatic N) is 2. The Kier molecular flexibility index (Phi) is 20.7. The Balaban J connectivity index is 0.000000205. The quantitative estimate of drug-likeness (QED) is 0.0450. The Labute approximate surface area is 518 Å². The van der Waals surface area contributed by atoms with Crippen molar-refractivity contribution >= 4 is 66.6 Å². The molecule has 10 rings (SSSR count). The molecule has 2 heterocycles. The minimum Gasteiger partial charge on any atom is -0.490 e. The van der Waals surface area contributed by atoms with Crippen molar-refractivity contribution in [1.29, 1.82) is 0 Å². The third kappa shape index (κ3) is 14.6. The summed E-state index contributed by atoms with van der Waals surface area (Å²) in [5, 5.41) is 52.8. The molecule has 16 nitrogen and oxygen atoms in total. The molecule has 86 heavy (non-hydrogen) atoms. The smallest absolute Gasteiger partial charge is 0.335 e. The van der Waals surface area contributed by atoms with Crippen LogP contribution in [0.2, 0.25) is 10.0 Å². The fourth-order valence-corrected chi connectivity index (χ4v) is 17.8. The molecule has 0 bridgehead atoms. The monoisotopic (exact) mass is 1260 g/mol. The number of rotatable bonds is 20. The van der Waals surface area contributed by atoms with Gasteiger partial charge in [0, 0.05) is 47.1 Å². The fourth-order valence-electron chi connectivity index (χ4n) is 15.0. The summed E-state index contributed by atoms with van der Waals surface area (Å²) in [7, 11) is -7.25. The molecule has 4 aromatic carbocycles.